The highest BCUT2D eigenvalue weighted by atomic mass is 19.1. The predicted octanol–water partition coefficient (Wildman–Crippen LogP) is 10.2. The standard InChI is InChI=1S/C26H25FN4O2.C14H20N2O3.C12H9FN2O/c1-16(30-25(32)33-26(2,3)4)24-23(21-10-6-8-14-29-21)22(20-9-5-7-13-28-20)18-15-17(27)11-12-19(18)31-24;1-10(16-13(18)19-14(2,3)4)12(17)9-11-7-5-6-8-15-11;13-8-4-5-10(14)9(7-8)12(16)11-3-1-2-6-15-11/h5-16H,1-4H3,(H,30,32);5-8,10H,9H2,1-4H3,(H,16,18);1-7H,14H2/t;10-;/m.0./s1. The van der Waals surface area contributed by atoms with Crippen molar-refractivity contribution in [1.82, 2.24) is 35.6 Å². The number of fused-ring (bicyclic) bond motifs is 1. The second-order valence-corrected chi connectivity index (χ2v) is 17.3. The van der Waals surface area contributed by atoms with Gasteiger partial charge in [0.1, 0.15) is 28.5 Å². The Kier molecular flexibility index (Phi) is 17.2. The van der Waals surface area contributed by atoms with Gasteiger partial charge in [0.05, 0.1) is 46.7 Å². The van der Waals surface area contributed by atoms with Crippen LogP contribution in [0.5, 0.6) is 0 Å². The van der Waals surface area contributed by atoms with E-state index in [-0.39, 0.29) is 40.7 Å². The fraction of sp³-hybridized carbons (Fsp3) is 0.250. The average molecular weight is 925 g/mol. The molecule has 0 aliphatic heterocycles. The van der Waals surface area contributed by atoms with Crippen LogP contribution >= 0.6 is 0 Å². The minimum absolute atomic E-state index is 0.107. The van der Waals surface area contributed by atoms with Crippen LogP contribution in [-0.4, -0.2) is 65.9 Å². The molecule has 14 nitrogen and oxygen atoms in total. The first-order valence-electron chi connectivity index (χ1n) is 21.6. The van der Waals surface area contributed by atoms with Crippen molar-refractivity contribution in [3.63, 3.8) is 0 Å². The molecule has 68 heavy (non-hydrogen) atoms. The number of alkyl carbamates (subject to hydrolysis) is 2. The Balaban J connectivity index is 0.000000209. The van der Waals surface area contributed by atoms with E-state index >= 15 is 0 Å². The SMILES string of the molecule is CC(NC(=O)OC(C)(C)C)c1nc2ccc(F)cc2c(-c2ccccn2)c1-c1ccccn1.C[C@H](NC(=O)OC(C)(C)C)C(=O)Cc1ccccn1.Nc1ccc(F)cc1C(=O)c1ccccn1. The lowest BCUT2D eigenvalue weighted by atomic mass is 9.92. The van der Waals surface area contributed by atoms with E-state index in [1.54, 1.807) is 103 Å². The number of Topliss-reactive ketones (excluding diaryl/α,β-unsaturated/α-hetero) is 1. The van der Waals surface area contributed by atoms with Gasteiger partial charge in [-0.15, -0.1) is 0 Å². The number of anilines is 1. The molecule has 7 rings (SSSR count). The maximum Gasteiger partial charge on any atom is 0.408 e. The quantitative estimate of drug-likeness (QED) is 0.0867. The minimum Gasteiger partial charge on any atom is -0.444 e. The Morgan fingerprint density at radius 2 is 1.16 bits per heavy atom. The van der Waals surface area contributed by atoms with Crippen molar-refractivity contribution in [1.29, 1.82) is 0 Å². The number of nitrogens with one attached hydrogen (secondary N) is 2. The normalized spacial score (nSPS) is 11.9. The van der Waals surface area contributed by atoms with Gasteiger partial charge in [-0.2, -0.15) is 0 Å². The van der Waals surface area contributed by atoms with Crippen LogP contribution in [0.25, 0.3) is 33.4 Å². The van der Waals surface area contributed by atoms with Gasteiger partial charge in [-0.25, -0.2) is 23.4 Å². The maximum atomic E-state index is 14.3. The molecule has 0 spiro atoms. The molecule has 2 amide bonds. The van der Waals surface area contributed by atoms with Crippen molar-refractivity contribution >= 4 is 40.3 Å². The van der Waals surface area contributed by atoms with E-state index in [9.17, 15) is 28.0 Å². The Morgan fingerprint density at radius 1 is 0.632 bits per heavy atom. The smallest absolute Gasteiger partial charge is 0.408 e. The monoisotopic (exact) mass is 924 g/mol. The molecule has 0 aliphatic rings. The lowest BCUT2D eigenvalue weighted by molar-refractivity contribution is -0.120. The van der Waals surface area contributed by atoms with Crippen molar-refractivity contribution in [3.05, 3.63) is 168 Å². The summed E-state index contributed by atoms with van der Waals surface area (Å²) in [5, 5.41) is 6.00. The molecule has 0 saturated heterocycles. The molecule has 2 atom stereocenters. The fourth-order valence-electron chi connectivity index (χ4n) is 6.43. The van der Waals surface area contributed by atoms with Crippen molar-refractivity contribution in [2.75, 3.05) is 5.73 Å². The molecule has 5 heterocycles. The van der Waals surface area contributed by atoms with Crippen molar-refractivity contribution in [2.45, 2.75) is 85.1 Å². The number of ether oxygens (including phenoxy) is 2. The number of hydrogen-bond donors (Lipinski definition) is 3. The molecule has 0 saturated carbocycles. The van der Waals surface area contributed by atoms with Crippen LogP contribution in [0.2, 0.25) is 0 Å². The second kappa shape index (κ2) is 22.9. The molecular weight excluding hydrogens is 871 g/mol. The number of carbonyl (C=O) groups excluding carboxylic acids is 4. The van der Waals surface area contributed by atoms with Crippen LogP contribution in [0.15, 0.2) is 134 Å². The largest absolute Gasteiger partial charge is 0.444 e. The predicted molar refractivity (Wildman–Crippen MR) is 256 cm³/mol. The summed E-state index contributed by atoms with van der Waals surface area (Å²) < 4.78 is 37.8. The third-order valence-corrected chi connectivity index (χ3v) is 9.42. The Labute approximate surface area is 393 Å². The molecule has 0 bridgehead atoms. The number of ketones is 2. The maximum absolute atomic E-state index is 14.3. The zero-order valence-corrected chi connectivity index (χ0v) is 39.1. The highest BCUT2D eigenvalue weighted by molar-refractivity contribution is 6.11. The molecule has 16 heteroatoms. The van der Waals surface area contributed by atoms with E-state index in [0.717, 1.165) is 6.07 Å². The molecule has 0 fully saturated rings. The first kappa shape index (κ1) is 51.0. The molecule has 0 aliphatic carbocycles. The van der Waals surface area contributed by atoms with Crippen molar-refractivity contribution < 1.29 is 37.4 Å². The Hall–Kier alpha value is -8.01. The summed E-state index contributed by atoms with van der Waals surface area (Å²) in [5.41, 5.74) is 9.56. The summed E-state index contributed by atoms with van der Waals surface area (Å²) >= 11 is 0. The van der Waals surface area contributed by atoms with E-state index < -0.39 is 41.3 Å². The van der Waals surface area contributed by atoms with E-state index in [1.807, 2.05) is 49.4 Å². The molecule has 2 aromatic carbocycles. The second-order valence-electron chi connectivity index (χ2n) is 17.3. The number of benzene rings is 2. The molecule has 7 aromatic rings. The van der Waals surface area contributed by atoms with Gasteiger partial charge in [0.2, 0.25) is 5.78 Å². The Morgan fingerprint density at radius 3 is 1.71 bits per heavy atom. The lowest BCUT2D eigenvalue weighted by Gasteiger charge is -2.24. The third kappa shape index (κ3) is 15.0. The summed E-state index contributed by atoms with van der Waals surface area (Å²) in [4.78, 5) is 69.7. The fourth-order valence-corrected chi connectivity index (χ4v) is 6.43. The molecule has 1 unspecified atom stereocenters. The minimum atomic E-state index is -0.638. The van der Waals surface area contributed by atoms with Crippen LogP contribution in [0.3, 0.4) is 0 Å². The number of amides is 2. The number of nitrogen functional groups attached to an aromatic ring is 1. The van der Waals surface area contributed by atoms with Crippen LogP contribution < -0.4 is 16.4 Å². The zero-order chi connectivity index (χ0) is 49.6. The van der Waals surface area contributed by atoms with E-state index in [2.05, 4.69) is 30.6 Å². The number of aromatic nitrogens is 5. The third-order valence-electron chi connectivity index (χ3n) is 9.42. The van der Waals surface area contributed by atoms with Crippen LogP contribution in [0, 0.1) is 11.6 Å². The van der Waals surface area contributed by atoms with E-state index in [4.69, 9.17) is 20.2 Å². The molecule has 0 radical (unpaired) electrons. The number of nitrogens with zero attached hydrogens (tertiary/aromatic N) is 5. The van der Waals surface area contributed by atoms with Gasteiger partial charge in [-0.3, -0.25) is 29.5 Å². The van der Waals surface area contributed by atoms with Crippen molar-refractivity contribution in [2.24, 2.45) is 0 Å². The van der Waals surface area contributed by atoms with Crippen molar-refractivity contribution in [3.8, 4) is 22.5 Å². The topological polar surface area (TPSA) is 201 Å². The number of halogens is 2. The summed E-state index contributed by atoms with van der Waals surface area (Å²) in [6, 6.07) is 28.5. The van der Waals surface area contributed by atoms with Crippen LogP contribution in [0.4, 0.5) is 24.1 Å². The number of pyridine rings is 5. The van der Waals surface area contributed by atoms with Gasteiger partial charge in [0.15, 0.2) is 5.78 Å². The van der Waals surface area contributed by atoms with Crippen LogP contribution in [0.1, 0.15) is 88.9 Å². The molecule has 4 N–H and O–H groups in total. The number of nitrogens with two attached hydrogens (primary N) is 1. The summed E-state index contributed by atoms with van der Waals surface area (Å²) in [7, 11) is 0. The van der Waals surface area contributed by atoms with Gasteiger partial charge in [-0.05, 0) is 140 Å². The van der Waals surface area contributed by atoms with E-state index in [1.165, 1.54) is 30.5 Å². The van der Waals surface area contributed by atoms with Gasteiger partial charge in [-0.1, -0.05) is 24.3 Å². The number of rotatable bonds is 10. The highest BCUT2D eigenvalue weighted by Crippen LogP contribution is 2.40. The van der Waals surface area contributed by atoms with E-state index in [0.29, 0.717) is 44.8 Å². The average Bonchev–Trinajstić information content (AvgIpc) is 3.29. The molecular formula is C52H54F2N8O6. The summed E-state index contributed by atoms with van der Waals surface area (Å²) in [6.45, 7) is 14.2. The van der Waals surface area contributed by atoms with Gasteiger partial charge in [0.25, 0.3) is 0 Å². The van der Waals surface area contributed by atoms with Crippen LogP contribution in [-0.2, 0) is 20.7 Å². The van der Waals surface area contributed by atoms with Gasteiger partial charge >= 0.3 is 12.2 Å². The molecule has 352 valence electrons. The van der Waals surface area contributed by atoms with Gasteiger partial charge in [0, 0.05) is 52.7 Å². The van der Waals surface area contributed by atoms with Gasteiger partial charge < -0.3 is 25.8 Å². The summed E-state index contributed by atoms with van der Waals surface area (Å²) in [6.07, 6.45) is 5.56. The molecule has 5 aromatic heterocycles. The first-order valence-corrected chi connectivity index (χ1v) is 21.6. The summed E-state index contributed by atoms with van der Waals surface area (Å²) in [5.74, 6) is -1.35. The first-order chi connectivity index (χ1) is 32.2. The highest BCUT2D eigenvalue weighted by Gasteiger charge is 2.26. The number of hydrogen-bond acceptors (Lipinski definition) is 12. The zero-order valence-electron chi connectivity index (χ0n) is 39.1. The lowest BCUT2D eigenvalue weighted by Crippen LogP contribution is -2.42. The Bertz CT molecular complexity index is 2830. The number of carbonyl (C=O) groups is 4.